The van der Waals surface area contributed by atoms with Gasteiger partial charge in [0, 0.05) is 26.8 Å². The van der Waals surface area contributed by atoms with Crippen LogP contribution in [0.1, 0.15) is 0 Å². The average molecular weight is 404 g/mol. The Morgan fingerprint density at radius 2 is 1.55 bits per heavy atom. The molecule has 0 saturated heterocycles. The summed E-state index contributed by atoms with van der Waals surface area (Å²) in [4.78, 5) is 17.1. The third-order valence-corrected chi connectivity index (χ3v) is 5.50. The fraction of sp³-hybridized carbons (Fsp3) is 0.130. The molecule has 144 valence electrons. The van der Waals surface area contributed by atoms with E-state index < -0.39 is 6.10 Å². The summed E-state index contributed by atoms with van der Waals surface area (Å²) >= 11 is 6.03. The van der Waals surface area contributed by atoms with Crippen molar-refractivity contribution in [1.82, 2.24) is 14.1 Å². The largest absolute Gasteiger partial charge is 0.389 e. The number of fused-ring (bicyclic) bond motifs is 4. The monoisotopic (exact) mass is 403 g/mol. The molecular formula is C23H18ClN3O2. The lowest BCUT2D eigenvalue weighted by Gasteiger charge is -2.15. The molecule has 6 heteroatoms. The number of aliphatic hydroxyl groups is 1. The first-order valence-corrected chi connectivity index (χ1v) is 9.78. The molecule has 0 spiro atoms. The lowest BCUT2D eigenvalue weighted by Crippen LogP contribution is -2.29. The number of hydrogen-bond donors (Lipinski definition) is 1. The maximum Gasteiger partial charge on any atom is 0.261 e. The lowest BCUT2D eigenvalue weighted by atomic mass is 10.2. The Balaban J connectivity index is 1.51. The van der Waals surface area contributed by atoms with E-state index in [0.717, 1.165) is 21.8 Å². The van der Waals surface area contributed by atoms with E-state index in [4.69, 9.17) is 11.6 Å². The molecule has 5 nitrogen and oxygen atoms in total. The van der Waals surface area contributed by atoms with Crippen molar-refractivity contribution >= 4 is 44.3 Å². The third-order valence-electron chi connectivity index (χ3n) is 5.27. The van der Waals surface area contributed by atoms with Gasteiger partial charge in [-0.2, -0.15) is 0 Å². The molecule has 29 heavy (non-hydrogen) atoms. The minimum Gasteiger partial charge on any atom is -0.389 e. The molecule has 0 aliphatic heterocycles. The molecule has 2 heterocycles. The van der Waals surface area contributed by atoms with Crippen LogP contribution in [0.5, 0.6) is 0 Å². The van der Waals surface area contributed by atoms with E-state index in [1.165, 1.54) is 10.9 Å². The maximum atomic E-state index is 12.8. The third kappa shape index (κ3) is 3.09. The Morgan fingerprint density at radius 1 is 0.897 bits per heavy atom. The van der Waals surface area contributed by atoms with Gasteiger partial charge in [0.2, 0.25) is 0 Å². The normalized spacial score (nSPS) is 12.8. The summed E-state index contributed by atoms with van der Waals surface area (Å²) in [5, 5.41) is 14.0. The predicted octanol–water partition coefficient (Wildman–Crippen LogP) is 4.22. The van der Waals surface area contributed by atoms with Crippen LogP contribution in [0.4, 0.5) is 0 Å². The first kappa shape index (κ1) is 17.9. The van der Waals surface area contributed by atoms with Gasteiger partial charge in [0.25, 0.3) is 5.56 Å². The highest BCUT2D eigenvalue weighted by Crippen LogP contribution is 2.28. The van der Waals surface area contributed by atoms with Gasteiger partial charge in [0.1, 0.15) is 0 Å². The van der Waals surface area contributed by atoms with E-state index in [1.807, 2.05) is 36.4 Å². The average Bonchev–Trinajstić information content (AvgIpc) is 3.05. The van der Waals surface area contributed by atoms with E-state index in [0.29, 0.717) is 22.5 Å². The van der Waals surface area contributed by atoms with Crippen LogP contribution in [0, 0.1) is 0 Å². The van der Waals surface area contributed by atoms with Gasteiger partial charge in [0.05, 0.1) is 36.4 Å². The molecule has 3 aromatic carbocycles. The smallest absolute Gasteiger partial charge is 0.261 e. The number of para-hydroxylation sites is 2. The second kappa shape index (κ2) is 7.03. The number of aliphatic hydroxyl groups excluding tert-OH is 1. The van der Waals surface area contributed by atoms with Crippen molar-refractivity contribution in [3.8, 4) is 0 Å². The minimum absolute atomic E-state index is 0.148. The van der Waals surface area contributed by atoms with Crippen molar-refractivity contribution < 1.29 is 5.11 Å². The van der Waals surface area contributed by atoms with Gasteiger partial charge in [-0.1, -0.05) is 48.0 Å². The molecule has 0 amide bonds. The Bertz CT molecular complexity index is 1370. The van der Waals surface area contributed by atoms with Crippen LogP contribution in [0.15, 0.2) is 77.9 Å². The molecule has 0 bridgehead atoms. The zero-order valence-corrected chi connectivity index (χ0v) is 16.3. The SMILES string of the molecule is O=c1c2cc(Cl)ccc2ncn1C[C@H](O)Cn1c2ccccc2c2ccccc21. The number of hydrogen-bond acceptors (Lipinski definition) is 3. The lowest BCUT2D eigenvalue weighted by molar-refractivity contribution is 0.135. The van der Waals surface area contributed by atoms with E-state index in [2.05, 4.69) is 21.7 Å². The van der Waals surface area contributed by atoms with E-state index in [1.54, 1.807) is 18.2 Å². The molecule has 0 saturated carbocycles. The van der Waals surface area contributed by atoms with Crippen molar-refractivity contribution in [2.45, 2.75) is 19.2 Å². The minimum atomic E-state index is -0.759. The number of benzene rings is 3. The van der Waals surface area contributed by atoms with Crippen LogP contribution >= 0.6 is 11.6 Å². The topological polar surface area (TPSA) is 60.1 Å². The highest BCUT2D eigenvalue weighted by atomic mass is 35.5. The molecule has 1 N–H and O–H groups in total. The standard InChI is InChI=1S/C23H18ClN3O2/c24-15-9-10-20-19(11-15)23(29)26(14-25-20)12-16(28)13-27-21-7-3-1-5-17(21)18-6-2-4-8-22(18)27/h1-11,14,16,28H,12-13H2/t16-/m0/s1. The van der Waals surface area contributed by atoms with Crippen molar-refractivity contribution in [3.63, 3.8) is 0 Å². The van der Waals surface area contributed by atoms with Gasteiger partial charge in [-0.3, -0.25) is 9.36 Å². The zero-order chi connectivity index (χ0) is 20.0. The fourth-order valence-corrected chi connectivity index (χ4v) is 4.13. The van der Waals surface area contributed by atoms with E-state index in [-0.39, 0.29) is 12.1 Å². The summed E-state index contributed by atoms with van der Waals surface area (Å²) in [6.45, 7) is 0.517. The molecule has 2 aromatic heterocycles. The zero-order valence-electron chi connectivity index (χ0n) is 15.5. The highest BCUT2D eigenvalue weighted by molar-refractivity contribution is 6.31. The van der Waals surface area contributed by atoms with Gasteiger partial charge in [-0.05, 0) is 30.3 Å². The molecular weight excluding hydrogens is 386 g/mol. The molecule has 0 aliphatic carbocycles. The van der Waals surface area contributed by atoms with E-state index in [9.17, 15) is 9.90 Å². The van der Waals surface area contributed by atoms with Crippen molar-refractivity contribution in [1.29, 1.82) is 0 Å². The summed E-state index contributed by atoms with van der Waals surface area (Å²) in [5.74, 6) is 0. The van der Waals surface area contributed by atoms with Gasteiger partial charge >= 0.3 is 0 Å². The van der Waals surface area contributed by atoms with Crippen LogP contribution in [-0.2, 0) is 13.1 Å². The molecule has 1 atom stereocenters. The van der Waals surface area contributed by atoms with Crippen LogP contribution in [0.2, 0.25) is 5.02 Å². The van der Waals surface area contributed by atoms with Crippen LogP contribution in [0.3, 0.4) is 0 Å². The summed E-state index contributed by atoms with van der Waals surface area (Å²) in [6, 6.07) is 21.3. The molecule has 5 rings (SSSR count). The molecule has 0 radical (unpaired) electrons. The molecule has 0 unspecified atom stereocenters. The number of nitrogens with zero attached hydrogens (tertiary/aromatic N) is 3. The predicted molar refractivity (Wildman–Crippen MR) is 116 cm³/mol. The summed E-state index contributed by atoms with van der Waals surface area (Å²) in [7, 11) is 0. The number of aromatic nitrogens is 3. The van der Waals surface area contributed by atoms with Crippen LogP contribution in [-0.4, -0.2) is 25.3 Å². The first-order valence-electron chi connectivity index (χ1n) is 9.40. The second-order valence-electron chi connectivity index (χ2n) is 7.16. The van der Waals surface area contributed by atoms with Crippen molar-refractivity contribution in [2.75, 3.05) is 0 Å². The van der Waals surface area contributed by atoms with Gasteiger partial charge < -0.3 is 9.67 Å². The molecule has 0 fully saturated rings. The van der Waals surface area contributed by atoms with Crippen LogP contribution in [0.25, 0.3) is 32.7 Å². The summed E-state index contributed by atoms with van der Waals surface area (Å²) in [5.41, 5.74) is 2.50. The molecule has 0 aliphatic rings. The Kier molecular flexibility index (Phi) is 4.34. The number of halogens is 1. The van der Waals surface area contributed by atoms with Gasteiger partial charge in [-0.25, -0.2) is 4.98 Å². The summed E-state index contributed by atoms with van der Waals surface area (Å²) < 4.78 is 3.54. The Morgan fingerprint density at radius 3 is 2.24 bits per heavy atom. The second-order valence-corrected chi connectivity index (χ2v) is 7.60. The van der Waals surface area contributed by atoms with Gasteiger partial charge in [0.15, 0.2) is 0 Å². The van der Waals surface area contributed by atoms with E-state index >= 15 is 0 Å². The van der Waals surface area contributed by atoms with Crippen molar-refractivity contribution in [3.05, 3.63) is 88.4 Å². The number of rotatable bonds is 4. The fourth-order valence-electron chi connectivity index (χ4n) is 3.96. The first-order chi connectivity index (χ1) is 14.1. The quantitative estimate of drug-likeness (QED) is 0.488. The Labute approximate surface area is 171 Å². The Hall–Kier alpha value is -3.15. The molecule has 5 aromatic rings. The highest BCUT2D eigenvalue weighted by Gasteiger charge is 2.15. The maximum absolute atomic E-state index is 12.8. The van der Waals surface area contributed by atoms with Gasteiger partial charge in [-0.15, -0.1) is 0 Å². The van der Waals surface area contributed by atoms with Crippen LogP contribution < -0.4 is 5.56 Å². The van der Waals surface area contributed by atoms with Crippen molar-refractivity contribution in [2.24, 2.45) is 0 Å². The summed E-state index contributed by atoms with van der Waals surface area (Å²) in [6.07, 6.45) is 0.721.